The number of hydrogen-bond donors (Lipinski definition) is 0. The van der Waals surface area contributed by atoms with Crippen molar-refractivity contribution < 1.29 is 19.0 Å². The molecule has 1 aromatic rings. The second kappa shape index (κ2) is 8.14. The second-order valence-corrected chi connectivity index (χ2v) is 7.32. The monoisotopic (exact) mass is 376 g/mol. The van der Waals surface area contributed by atoms with Crippen molar-refractivity contribution in [3.8, 4) is 11.5 Å². The molecule has 1 fully saturated rings. The van der Waals surface area contributed by atoms with Crippen molar-refractivity contribution in [3.63, 3.8) is 0 Å². The first-order valence-corrected chi connectivity index (χ1v) is 9.55. The van der Waals surface area contributed by atoms with Crippen molar-refractivity contribution in [2.45, 2.75) is 33.0 Å². The number of methoxy groups -OCH3 is 1. The summed E-state index contributed by atoms with van der Waals surface area (Å²) in [7, 11) is 1.60. The van der Waals surface area contributed by atoms with Gasteiger partial charge in [-0.1, -0.05) is 6.07 Å². The highest BCUT2D eigenvalue weighted by atomic mass is 32.2. The normalized spacial score (nSPS) is 24.8. The maximum atomic E-state index is 12.3. The highest BCUT2D eigenvalue weighted by Gasteiger charge is 2.31. The van der Waals surface area contributed by atoms with E-state index in [1.54, 1.807) is 7.11 Å². The Morgan fingerprint density at radius 3 is 2.69 bits per heavy atom. The van der Waals surface area contributed by atoms with Crippen LogP contribution in [-0.4, -0.2) is 55.0 Å². The molecule has 1 aromatic carbocycles. The summed E-state index contributed by atoms with van der Waals surface area (Å²) >= 11 is 1.41. The van der Waals surface area contributed by atoms with Gasteiger partial charge in [0.1, 0.15) is 0 Å². The summed E-state index contributed by atoms with van der Waals surface area (Å²) < 4.78 is 16.7. The first-order valence-electron chi connectivity index (χ1n) is 8.74. The van der Waals surface area contributed by atoms with E-state index in [1.807, 2.05) is 45.0 Å². The standard InChI is InChI=1S/C19H24N2O4S/c1-5-24-15-7-6-14(8-16(15)23-4)9-17-18(22)20-19(26-17)21-10-12(2)25-13(3)11-21/h6-9,12-13H,5,10-11H2,1-4H3/b17-9+. The minimum Gasteiger partial charge on any atom is -0.493 e. The van der Waals surface area contributed by atoms with Crippen molar-refractivity contribution in [2.75, 3.05) is 26.8 Å². The molecule has 0 N–H and O–H groups in total. The van der Waals surface area contributed by atoms with Crippen LogP contribution < -0.4 is 9.47 Å². The van der Waals surface area contributed by atoms with Crippen LogP contribution in [0.25, 0.3) is 6.08 Å². The number of thioether (sulfide) groups is 1. The van der Waals surface area contributed by atoms with Crippen LogP contribution in [0.15, 0.2) is 28.1 Å². The molecule has 6 nitrogen and oxygen atoms in total. The number of rotatable bonds is 4. The second-order valence-electron chi connectivity index (χ2n) is 6.32. The van der Waals surface area contributed by atoms with Gasteiger partial charge >= 0.3 is 0 Å². The van der Waals surface area contributed by atoms with Crippen molar-refractivity contribution >= 4 is 28.9 Å². The molecule has 140 valence electrons. The predicted molar refractivity (Wildman–Crippen MR) is 104 cm³/mol. The number of nitrogens with zero attached hydrogens (tertiary/aromatic N) is 2. The Morgan fingerprint density at radius 2 is 2.04 bits per heavy atom. The number of amides is 1. The molecule has 0 aliphatic carbocycles. The van der Waals surface area contributed by atoms with E-state index in [9.17, 15) is 4.79 Å². The largest absolute Gasteiger partial charge is 0.493 e. The third kappa shape index (κ3) is 4.22. The van der Waals surface area contributed by atoms with E-state index in [4.69, 9.17) is 14.2 Å². The summed E-state index contributed by atoms with van der Waals surface area (Å²) in [5.41, 5.74) is 0.876. The van der Waals surface area contributed by atoms with Crippen LogP contribution in [-0.2, 0) is 9.53 Å². The molecular formula is C19H24N2O4S. The lowest BCUT2D eigenvalue weighted by Gasteiger charge is -2.35. The highest BCUT2D eigenvalue weighted by Crippen LogP contribution is 2.34. The third-order valence-electron chi connectivity index (χ3n) is 4.08. The first kappa shape index (κ1) is 18.8. The van der Waals surface area contributed by atoms with Gasteiger partial charge < -0.3 is 19.1 Å². The molecule has 0 saturated carbocycles. The van der Waals surface area contributed by atoms with Gasteiger partial charge in [0.25, 0.3) is 5.91 Å². The number of carbonyl (C=O) groups is 1. The minimum atomic E-state index is -0.204. The zero-order valence-electron chi connectivity index (χ0n) is 15.5. The van der Waals surface area contributed by atoms with Gasteiger partial charge in [-0.25, -0.2) is 0 Å². The van der Waals surface area contributed by atoms with Crippen LogP contribution in [0.5, 0.6) is 11.5 Å². The van der Waals surface area contributed by atoms with E-state index in [0.717, 1.165) is 23.8 Å². The Balaban J connectivity index is 1.76. The van der Waals surface area contributed by atoms with Gasteiger partial charge in [-0.3, -0.25) is 4.79 Å². The number of hydrogen-bond acceptors (Lipinski definition) is 6. The lowest BCUT2D eigenvalue weighted by molar-refractivity contribution is -0.113. The molecule has 3 rings (SSSR count). The maximum absolute atomic E-state index is 12.3. The Kier molecular flexibility index (Phi) is 5.88. The molecule has 0 bridgehead atoms. The molecule has 1 saturated heterocycles. The topological polar surface area (TPSA) is 60.4 Å². The minimum absolute atomic E-state index is 0.126. The van der Waals surface area contributed by atoms with Crippen LogP contribution >= 0.6 is 11.8 Å². The smallest absolute Gasteiger partial charge is 0.286 e. The zero-order chi connectivity index (χ0) is 18.7. The van der Waals surface area contributed by atoms with Gasteiger partial charge in [0.05, 0.1) is 30.8 Å². The van der Waals surface area contributed by atoms with E-state index in [1.165, 1.54) is 11.8 Å². The third-order valence-corrected chi connectivity index (χ3v) is 5.13. The van der Waals surface area contributed by atoms with Crippen LogP contribution in [0, 0.1) is 0 Å². The van der Waals surface area contributed by atoms with E-state index < -0.39 is 0 Å². The molecule has 2 atom stereocenters. The van der Waals surface area contributed by atoms with E-state index in [0.29, 0.717) is 23.0 Å². The number of amidine groups is 1. The van der Waals surface area contributed by atoms with Gasteiger partial charge in [0.2, 0.25) is 0 Å². The van der Waals surface area contributed by atoms with Crippen molar-refractivity contribution in [1.82, 2.24) is 4.90 Å². The van der Waals surface area contributed by atoms with Gasteiger partial charge in [0, 0.05) is 13.1 Å². The molecular weight excluding hydrogens is 352 g/mol. The summed E-state index contributed by atoms with van der Waals surface area (Å²) in [5, 5.41) is 0.751. The fraction of sp³-hybridized carbons (Fsp3) is 0.474. The molecule has 2 aliphatic rings. The van der Waals surface area contributed by atoms with Crippen molar-refractivity contribution in [1.29, 1.82) is 0 Å². The van der Waals surface area contributed by atoms with Crippen molar-refractivity contribution in [3.05, 3.63) is 28.7 Å². The lowest BCUT2D eigenvalue weighted by atomic mass is 10.2. The van der Waals surface area contributed by atoms with E-state index in [2.05, 4.69) is 9.89 Å². The molecule has 26 heavy (non-hydrogen) atoms. The number of aliphatic imine (C=N–C) groups is 1. The first-order chi connectivity index (χ1) is 12.5. The maximum Gasteiger partial charge on any atom is 0.286 e. The van der Waals surface area contributed by atoms with Crippen molar-refractivity contribution in [2.24, 2.45) is 4.99 Å². The highest BCUT2D eigenvalue weighted by molar-refractivity contribution is 8.18. The fourth-order valence-electron chi connectivity index (χ4n) is 3.07. The number of ether oxygens (including phenoxy) is 3. The number of benzene rings is 1. The van der Waals surface area contributed by atoms with Crippen LogP contribution in [0.4, 0.5) is 0 Å². The molecule has 2 unspecified atom stereocenters. The predicted octanol–water partition coefficient (Wildman–Crippen LogP) is 3.17. The zero-order valence-corrected chi connectivity index (χ0v) is 16.3. The SMILES string of the molecule is CCOc1ccc(/C=C2/SC(N3CC(C)OC(C)C3)=NC2=O)cc1OC. The molecule has 2 heterocycles. The molecule has 2 aliphatic heterocycles. The van der Waals surface area contributed by atoms with Crippen LogP contribution in [0.2, 0.25) is 0 Å². The summed E-state index contributed by atoms with van der Waals surface area (Å²) in [6, 6.07) is 5.62. The molecule has 7 heteroatoms. The Hall–Kier alpha value is -1.99. The fourth-order valence-corrected chi connectivity index (χ4v) is 4.00. The number of morpholine rings is 1. The van der Waals surface area contributed by atoms with E-state index in [-0.39, 0.29) is 18.1 Å². The Labute approximate surface area is 158 Å². The Bertz CT molecular complexity index is 737. The van der Waals surface area contributed by atoms with Gasteiger partial charge in [0.15, 0.2) is 16.7 Å². The summed E-state index contributed by atoms with van der Waals surface area (Å²) in [4.78, 5) is 19.3. The Morgan fingerprint density at radius 1 is 1.31 bits per heavy atom. The molecule has 0 spiro atoms. The molecule has 0 aromatic heterocycles. The number of carbonyl (C=O) groups excluding carboxylic acids is 1. The average Bonchev–Trinajstić information content (AvgIpc) is 2.96. The summed E-state index contributed by atoms with van der Waals surface area (Å²) in [6.07, 6.45) is 2.09. The van der Waals surface area contributed by atoms with Crippen LogP contribution in [0.1, 0.15) is 26.3 Å². The lowest BCUT2D eigenvalue weighted by Crippen LogP contribution is -2.47. The van der Waals surface area contributed by atoms with Gasteiger partial charge in [-0.05, 0) is 56.3 Å². The average molecular weight is 376 g/mol. The quantitative estimate of drug-likeness (QED) is 0.752. The van der Waals surface area contributed by atoms with E-state index >= 15 is 0 Å². The van der Waals surface area contributed by atoms with Gasteiger partial charge in [-0.15, -0.1) is 0 Å². The summed E-state index contributed by atoms with van der Waals surface area (Å²) in [5.74, 6) is 1.13. The van der Waals surface area contributed by atoms with Gasteiger partial charge in [-0.2, -0.15) is 4.99 Å². The summed E-state index contributed by atoms with van der Waals surface area (Å²) in [6.45, 7) is 8.05. The van der Waals surface area contributed by atoms with Crippen LogP contribution in [0.3, 0.4) is 0 Å². The molecule has 1 amide bonds. The molecule has 0 radical (unpaired) electrons.